The van der Waals surface area contributed by atoms with Crippen LogP contribution in [-0.4, -0.2) is 218 Å². The number of phenolic OH excluding ortho intramolecular Hbond substituents is 1. The number of hydrogen-bond acceptors (Lipinski definition) is 19. The maximum absolute atomic E-state index is 14.1. The molecule has 22 N–H and O–H groups in total. The predicted octanol–water partition coefficient (Wildman–Crippen LogP) is -9.22. The lowest BCUT2D eigenvalue weighted by atomic mass is 9.99. The van der Waals surface area contributed by atoms with Gasteiger partial charge in [0.25, 0.3) is 0 Å². The van der Waals surface area contributed by atoms with Crippen molar-refractivity contribution in [3.05, 3.63) is 29.8 Å². The number of carboxylic acids is 1. The number of aromatic hydroxyl groups is 1. The third-order valence-corrected chi connectivity index (χ3v) is 11.6. The second-order valence-electron chi connectivity index (χ2n) is 18.1. The Labute approximate surface area is 436 Å². The molecule has 0 saturated carbocycles. The summed E-state index contributed by atoms with van der Waals surface area (Å²) in [6.45, 7) is 1.48. The molecule has 1 aliphatic heterocycles. The Morgan fingerprint density at radius 3 is 1.42 bits per heavy atom. The number of carbonyl (C=O) groups is 10. The molecule has 76 heavy (non-hydrogen) atoms. The molecule has 31 nitrogen and oxygen atoms in total. The number of carboxylic acid groups (broad SMARTS) is 1. The van der Waals surface area contributed by atoms with E-state index in [1.54, 1.807) is 0 Å². The van der Waals surface area contributed by atoms with Crippen LogP contribution >= 0.6 is 0 Å². The van der Waals surface area contributed by atoms with Crippen LogP contribution in [0.1, 0.15) is 58.9 Å². The van der Waals surface area contributed by atoms with Gasteiger partial charge in [-0.3, -0.25) is 48.6 Å². The van der Waals surface area contributed by atoms with E-state index in [0.29, 0.717) is 24.9 Å². The van der Waals surface area contributed by atoms with Crippen LogP contribution < -0.4 is 64.2 Å². The first kappa shape index (κ1) is 64.8. The Kier molecular flexibility index (Phi) is 27.5. The van der Waals surface area contributed by atoms with Gasteiger partial charge in [0.2, 0.25) is 53.2 Å². The van der Waals surface area contributed by atoms with Crippen molar-refractivity contribution in [1.82, 2.24) is 58.5 Å². The summed E-state index contributed by atoms with van der Waals surface area (Å²) >= 11 is 0. The Hall–Kier alpha value is -7.29. The number of nitrogens with one attached hydrogen (secondary N) is 12. The van der Waals surface area contributed by atoms with Crippen molar-refractivity contribution in [2.24, 2.45) is 11.7 Å². The molecular formula is C45H73N13O18. The average Bonchev–Trinajstić information content (AvgIpc) is 3.92. The molecule has 1 heterocycles. The van der Waals surface area contributed by atoms with Crippen LogP contribution in [0.25, 0.3) is 0 Å². The number of nitrogens with two attached hydrogens (primary N) is 1. The summed E-state index contributed by atoms with van der Waals surface area (Å²) in [5, 5.41) is 113. The number of hydrogen-bond donors (Lipinski definition) is 21. The molecule has 0 radical (unpaired) electrons. The van der Waals surface area contributed by atoms with Crippen LogP contribution in [0.3, 0.4) is 0 Å². The Morgan fingerprint density at radius 2 is 1.00 bits per heavy atom. The number of carbonyl (C=O) groups excluding carboxylic acids is 9. The molecule has 2 rings (SSSR count). The lowest BCUT2D eigenvalue weighted by Gasteiger charge is -2.29. The Morgan fingerprint density at radius 1 is 0.592 bits per heavy atom. The average molecular weight is 1080 g/mol. The number of aliphatic hydroxyl groups is 6. The minimum Gasteiger partial charge on any atom is -0.508 e. The van der Waals surface area contributed by atoms with Gasteiger partial charge < -0.3 is 105 Å². The fourth-order valence-corrected chi connectivity index (χ4v) is 7.26. The van der Waals surface area contributed by atoms with Gasteiger partial charge in [-0.05, 0) is 69.7 Å². The summed E-state index contributed by atoms with van der Waals surface area (Å²) < 4.78 is 0. The quantitative estimate of drug-likeness (QED) is 0.0181. The molecule has 1 aromatic rings. The first-order chi connectivity index (χ1) is 35.8. The second-order valence-corrected chi connectivity index (χ2v) is 18.1. The summed E-state index contributed by atoms with van der Waals surface area (Å²) in [5.74, 6) is -12.8. The molecule has 1 saturated heterocycles. The number of rotatable bonds is 32. The highest BCUT2D eigenvalue weighted by Crippen LogP contribution is 2.13. The highest BCUT2D eigenvalue weighted by atomic mass is 16.4. The zero-order valence-electron chi connectivity index (χ0n) is 42.3. The fourth-order valence-electron chi connectivity index (χ4n) is 7.26. The summed E-state index contributed by atoms with van der Waals surface area (Å²) in [7, 11) is 0. The van der Waals surface area contributed by atoms with Gasteiger partial charge in [0.15, 0.2) is 12.0 Å². The zero-order chi connectivity index (χ0) is 57.4. The highest BCUT2D eigenvalue weighted by molar-refractivity contribution is 5.99. The summed E-state index contributed by atoms with van der Waals surface area (Å²) in [5.41, 5.74) is 5.68. The van der Waals surface area contributed by atoms with E-state index in [0.717, 1.165) is 13.8 Å². The number of aliphatic hydroxyl groups excluding tert-OH is 6. The standard InChI is InChI=1S/C45H73N13O18/c1-20(2)32(42(73)57-33(21(3)63)43(74)58-34(22(4)64)44(75)76)56-37(68)27(15-23-9-11-24(65)12-10-23)51-39(70)29(17-60)53-36(67)26(8-6-14-49-45(46)47)50-38(69)28(16-59)54-41(72)31(19-62)55-40(71)30(18-61)52-35(66)25-7-5-13-48-25/h9-12,20-22,25-34,48,59-65H,5-8,13-19H2,1-4H3,(H,50,69)(H,51,70)(H,52,66)(H,53,67)(H,54,72)(H,55,71)(H,56,68)(H,57,73)(H,58,74)(H,75,76)(H4,46,47,49)/t21-,22-,25+,26+,27+,28+,29+,30+,31+,32+,33+,34+/m1/s1. The van der Waals surface area contributed by atoms with Gasteiger partial charge in [-0.2, -0.15) is 0 Å². The van der Waals surface area contributed by atoms with E-state index < -0.39 is 170 Å². The summed E-state index contributed by atoms with van der Waals surface area (Å²) in [6.07, 6.45) is -2.70. The van der Waals surface area contributed by atoms with Gasteiger partial charge in [-0.1, -0.05) is 26.0 Å². The normalized spacial score (nSPS) is 17.4. The van der Waals surface area contributed by atoms with E-state index in [2.05, 4.69) is 53.2 Å². The van der Waals surface area contributed by atoms with Gasteiger partial charge in [0.05, 0.1) is 44.7 Å². The minimum atomic E-state index is -1.88. The molecule has 1 aliphatic rings. The van der Waals surface area contributed by atoms with Crippen molar-refractivity contribution >= 4 is 65.1 Å². The van der Waals surface area contributed by atoms with Crippen molar-refractivity contribution in [3.8, 4) is 5.75 Å². The van der Waals surface area contributed by atoms with Crippen LogP contribution in [0.15, 0.2) is 24.3 Å². The Bertz CT molecular complexity index is 2160. The van der Waals surface area contributed by atoms with Crippen LogP contribution in [0.5, 0.6) is 5.75 Å². The molecule has 0 aliphatic carbocycles. The van der Waals surface area contributed by atoms with Crippen LogP contribution in [0.4, 0.5) is 0 Å². The SMILES string of the molecule is CC(C)[C@H](NC(=O)[C@H](Cc1ccc(O)cc1)NC(=O)[C@H](CO)NC(=O)[C@H](CCCNC(=N)N)NC(=O)[C@H](CO)NC(=O)[C@H](CO)NC(=O)[C@H](CO)NC(=O)[C@@H]1CCCN1)C(=O)N[C@H](C(=O)N[C@H](C(=O)O)[C@@H](C)O)[C@@H](C)O. The van der Waals surface area contributed by atoms with E-state index in [9.17, 15) is 88.8 Å². The monoisotopic (exact) mass is 1080 g/mol. The third kappa shape index (κ3) is 21.1. The van der Waals surface area contributed by atoms with E-state index in [-0.39, 0.29) is 31.6 Å². The van der Waals surface area contributed by atoms with E-state index in [1.165, 1.54) is 38.1 Å². The topological polar surface area (TPSA) is 515 Å². The lowest BCUT2D eigenvalue weighted by Crippen LogP contribution is -2.63. The summed E-state index contributed by atoms with van der Waals surface area (Å²) in [4.78, 5) is 132. The maximum atomic E-state index is 14.1. The third-order valence-electron chi connectivity index (χ3n) is 11.6. The molecule has 31 heteroatoms. The molecule has 0 bridgehead atoms. The summed E-state index contributed by atoms with van der Waals surface area (Å²) in [6, 6.07) is -10.8. The Balaban J connectivity index is 2.34. The first-order valence-electron chi connectivity index (χ1n) is 24.1. The fraction of sp³-hybridized carbons (Fsp3) is 0.622. The number of aliphatic carboxylic acids is 1. The largest absolute Gasteiger partial charge is 0.508 e. The molecular weight excluding hydrogens is 1010 g/mol. The molecule has 9 amide bonds. The second kappa shape index (κ2) is 32.2. The molecule has 426 valence electrons. The van der Waals surface area contributed by atoms with Gasteiger partial charge in [0.1, 0.15) is 54.1 Å². The lowest BCUT2D eigenvalue weighted by molar-refractivity contribution is -0.146. The molecule has 0 unspecified atom stereocenters. The highest BCUT2D eigenvalue weighted by Gasteiger charge is 2.37. The van der Waals surface area contributed by atoms with Crippen LogP contribution in [0.2, 0.25) is 0 Å². The van der Waals surface area contributed by atoms with Gasteiger partial charge in [-0.15, -0.1) is 0 Å². The van der Waals surface area contributed by atoms with Gasteiger partial charge >= 0.3 is 5.97 Å². The van der Waals surface area contributed by atoms with E-state index in [1.807, 2.05) is 5.32 Å². The zero-order valence-corrected chi connectivity index (χ0v) is 42.3. The number of amides is 9. The smallest absolute Gasteiger partial charge is 0.328 e. The van der Waals surface area contributed by atoms with Crippen LogP contribution in [0, 0.1) is 11.3 Å². The van der Waals surface area contributed by atoms with Crippen LogP contribution in [-0.2, 0) is 54.4 Å². The predicted molar refractivity (Wildman–Crippen MR) is 264 cm³/mol. The van der Waals surface area contributed by atoms with Crippen molar-refractivity contribution in [2.75, 3.05) is 39.5 Å². The van der Waals surface area contributed by atoms with Gasteiger partial charge in [-0.25, -0.2) is 4.79 Å². The first-order valence-corrected chi connectivity index (χ1v) is 24.1. The number of benzene rings is 1. The van der Waals surface area contributed by atoms with Crippen molar-refractivity contribution in [3.63, 3.8) is 0 Å². The minimum absolute atomic E-state index is 0.00506. The van der Waals surface area contributed by atoms with Crippen molar-refractivity contribution in [1.29, 1.82) is 5.41 Å². The van der Waals surface area contributed by atoms with Crippen molar-refractivity contribution in [2.45, 2.75) is 132 Å². The maximum Gasteiger partial charge on any atom is 0.328 e. The molecule has 12 atom stereocenters. The van der Waals surface area contributed by atoms with Gasteiger partial charge in [0, 0.05) is 13.0 Å². The van der Waals surface area contributed by atoms with E-state index in [4.69, 9.17) is 11.1 Å². The number of guanidine groups is 1. The molecule has 1 fully saturated rings. The molecule has 1 aromatic carbocycles. The number of phenols is 1. The molecule has 0 aromatic heterocycles. The van der Waals surface area contributed by atoms with Crippen molar-refractivity contribution < 1.29 is 88.8 Å². The van der Waals surface area contributed by atoms with E-state index >= 15 is 0 Å². The molecule has 0 spiro atoms.